The smallest absolute Gasteiger partial charge is 0.0847 e. The Morgan fingerprint density at radius 2 is 2.46 bits per heavy atom. The van der Waals surface area contributed by atoms with E-state index in [1.165, 1.54) is 0 Å². The van der Waals surface area contributed by atoms with E-state index in [0.717, 1.165) is 25.2 Å². The summed E-state index contributed by atoms with van der Waals surface area (Å²) in [6, 6.07) is 2.00. The molecule has 0 bridgehead atoms. The normalized spacial score (nSPS) is 11.2. The van der Waals surface area contributed by atoms with Gasteiger partial charge < -0.3 is 5.32 Å². The number of nitrogens with one attached hydrogen (secondary N) is 1. The van der Waals surface area contributed by atoms with Gasteiger partial charge in [0.1, 0.15) is 0 Å². The molecule has 0 radical (unpaired) electrons. The summed E-state index contributed by atoms with van der Waals surface area (Å²) in [4.78, 5) is 0. The third-order valence-electron chi connectivity index (χ3n) is 1.76. The Morgan fingerprint density at radius 3 is 3.08 bits per heavy atom. The van der Waals surface area contributed by atoms with Gasteiger partial charge in [-0.15, -0.1) is 0 Å². The number of aromatic nitrogens is 2. The molecular weight excluding hydrogens is 162 g/mol. The van der Waals surface area contributed by atoms with Gasteiger partial charge in [-0.2, -0.15) is 5.10 Å². The first-order valence-corrected chi connectivity index (χ1v) is 4.70. The molecule has 72 valence electrons. The van der Waals surface area contributed by atoms with E-state index in [2.05, 4.69) is 29.5 Å². The first kappa shape index (κ1) is 9.99. The fraction of sp³-hybridized carbons (Fsp3) is 0.500. The van der Waals surface area contributed by atoms with Crippen molar-refractivity contribution in [2.75, 3.05) is 13.1 Å². The van der Waals surface area contributed by atoms with Gasteiger partial charge in [0.05, 0.1) is 5.69 Å². The molecule has 3 heteroatoms. The van der Waals surface area contributed by atoms with Crippen LogP contribution in [0.2, 0.25) is 0 Å². The lowest BCUT2D eigenvalue weighted by atomic mass is 10.3. The van der Waals surface area contributed by atoms with Crippen LogP contribution >= 0.6 is 0 Å². The summed E-state index contributed by atoms with van der Waals surface area (Å²) < 4.78 is 1.81. The summed E-state index contributed by atoms with van der Waals surface area (Å²) in [7, 11) is 1.93. The van der Waals surface area contributed by atoms with Crippen LogP contribution in [0.4, 0.5) is 0 Å². The highest BCUT2D eigenvalue weighted by Crippen LogP contribution is 1.97. The lowest BCUT2D eigenvalue weighted by molar-refractivity contribution is 0.727. The standard InChI is InChI=1S/C10H17N3/c1-3-11-8-5-4-6-10-7-9-13(2)12-10/h4,6-7,9,11H,3,5,8H2,1-2H3/b6-4+. The van der Waals surface area contributed by atoms with Crippen molar-refractivity contribution in [3.63, 3.8) is 0 Å². The van der Waals surface area contributed by atoms with Crippen LogP contribution in [-0.4, -0.2) is 22.9 Å². The van der Waals surface area contributed by atoms with Crippen molar-refractivity contribution in [2.45, 2.75) is 13.3 Å². The fourth-order valence-electron chi connectivity index (χ4n) is 1.09. The van der Waals surface area contributed by atoms with E-state index in [1.807, 2.05) is 24.0 Å². The second kappa shape index (κ2) is 5.54. The van der Waals surface area contributed by atoms with Gasteiger partial charge in [0.25, 0.3) is 0 Å². The molecule has 1 heterocycles. The molecule has 13 heavy (non-hydrogen) atoms. The van der Waals surface area contributed by atoms with E-state index in [1.54, 1.807) is 0 Å². The SMILES string of the molecule is CCNCC/C=C/c1ccn(C)n1. The quantitative estimate of drug-likeness (QED) is 0.693. The third kappa shape index (κ3) is 3.90. The molecule has 0 aliphatic rings. The fourth-order valence-corrected chi connectivity index (χ4v) is 1.09. The first-order chi connectivity index (χ1) is 6.33. The minimum absolute atomic E-state index is 1.03. The zero-order valence-electron chi connectivity index (χ0n) is 8.33. The molecular formula is C10H17N3. The predicted molar refractivity (Wildman–Crippen MR) is 55.4 cm³/mol. The lowest BCUT2D eigenvalue weighted by Crippen LogP contribution is -2.12. The molecule has 1 aromatic rings. The molecule has 0 aliphatic heterocycles. The molecule has 0 unspecified atom stereocenters. The van der Waals surface area contributed by atoms with Crippen molar-refractivity contribution in [3.05, 3.63) is 24.0 Å². The van der Waals surface area contributed by atoms with Gasteiger partial charge in [0.15, 0.2) is 0 Å². The monoisotopic (exact) mass is 179 g/mol. The van der Waals surface area contributed by atoms with E-state index in [9.17, 15) is 0 Å². The van der Waals surface area contributed by atoms with Crippen LogP contribution in [0.15, 0.2) is 18.3 Å². The highest BCUT2D eigenvalue weighted by molar-refractivity contribution is 5.43. The molecule has 0 saturated carbocycles. The maximum Gasteiger partial charge on any atom is 0.0847 e. The molecule has 0 fully saturated rings. The zero-order chi connectivity index (χ0) is 9.52. The summed E-state index contributed by atoms with van der Waals surface area (Å²) in [6.07, 6.45) is 7.21. The van der Waals surface area contributed by atoms with Crippen LogP contribution in [-0.2, 0) is 7.05 Å². The highest BCUT2D eigenvalue weighted by atomic mass is 15.2. The second-order valence-electron chi connectivity index (χ2n) is 2.96. The van der Waals surface area contributed by atoms with E-state index >= 15 is 0 Å². The minimum atomic E-state index is 1.03. The van der Waals surface area contributed by atoms with E-state index < -0.39 is 0 Å². The molecule has 0 amide bonds. The van der Waals surface area contributed by atoms with Crippen LogP contribution in [0, 0.1) is 0 Å². The molecule has 0 saturated heterocycles. The Balaban J connectivity index is 2.24. The average molecular weight is 179 g/mol. The van der Waals surface area contributed by atoms with E-state index in [0.29, 0.717) is 0 Å². The number of aryl methyl sites for hydroxylation is 1. The molecule has 0 aromatic carbocycles. The number of hydrogen-bond acceptors (Lipinski definition) is 2. The van der Waals surface area contributed by atoms with Crippen molar-refractivity contribution in [2.24, 2.45) is 7.05 Å². The molecule has 1 N–H and O–H groups in total. The van der Waals surface area contributed by atoms with Crippen LogP contribution in [0.5, 0.6) is 0 Å². The molecule has 1 rings (SSSR count). The van der Waals surface area contributed by atoms with Gasteiger partial charge in [-0.3, -0.25) is 4.68 Å². The zero-order valence-corrected chi connectivity index (χ0v) is 8.33. The maximum absolute atomic E-state index is 4.24. The summed E-state index contributed by atoms with van der Waals surface area (Å²) in [5, 5.41) is 7.50. The molecule has 0 spiro atoms. The summed E-state index contributed by atoms with van der Waals surface area (Å²) in [5.74, 6) is 0. The van der Waals surface area contributed by atoms with Crippen LogP contribution in [0.25, 0.3) is 6.08 Å². The van der Waals surface area contributed by atoms with Gasteiger partial charge in [-0.1, -0.05) is 13.0 Å². The molecule has 0 aliphatic carbocycles. The van der Waals surface area contributed by atoms with Crippen molar-refractivity contribution in [3.8, 4) is 0 Å². The number of rotatable bonds is 5. The number of nitrogens with zero attached hydrogens (tertiary/aromatic N) is 2. The lowest BCUT2D eigenvalue weighted by Gasteiger charge is -1.94. The Bertz CT molecular complexity index is 263. The van der Waals surface area contributed by atoms with Gasteiger partial charge in [-0.05, 0) is 31.7 Å². The van der Waals surface area contributed by atoms with Gasteiger partial charge in [-0.25, -0.2) is 0 Å². The molecule has 0 atom stereocenters. The maximum atomic E-state index is 4.24. The average Bonchev–Trinajstić information content (AvgIpc) is 2.51. The topological polar surface area (TPSA) is 29.9 Å². The Morgan fingerprint density at radius 1 is 1.62 bits per heavy atom. The first-order valence-electron chi connectivity index (χ1n) is 4.70. The van der Waals surface area contributed by atoms with Crippen molar-refractivity contribution in [1.82, 2.24) is 15.1 Å². The minimum Gasteiger partial charge on any atom is -0.317 e. The summed E-state index contributed by atoms with van der Waals surface area (Å²) >= 11 is 0. The van der Waals surface area contributed by atoms with Crippen LogP contribution < -0.4 is 5.32 Å². The number of hydrogen-bond donors (Lipinski definition) is 1. The Kier molecular flexibility index (Phi) is 4.26. The van der Waals surface area contributed by atoms with Crippen molar-refractivity contribution >= 4 is 6.08 Å². The van der Waals surface area contributed by atoms with Crippen molar-refractivity contribution in [1.29, 1.82) is 0 Å². The molecule has 1 aromatic heterocycles. The third-order valence-corrected chi connectivity index (χ3v) is 1.76. The largest absolute Gasteiger partial charge is 0.317 e. The Labute approximate surface area is 79.5 Å². The van der Waals surface area contributed by atoms with E-state index in [4.69, 9.17) is 0 Å². The van der Waals surface area contributed by atoms with Gasteiger partial charge >= 0.3 is 0 Å². The highest BCUT2D eigenvalue weighted by Gasteiger charge is 1.88. The van der Waals surface area contributed by atoms with E-state index in [-0.39, 0.29) is 0 Å². The van der Waals surface area contributed by atoms with Crippen molar-refractivity contribution < 1.29 is 0 Å². The van der Waals surface area contributed by atoms with Gasteiger partial charge in [0, 0.05) is 13.2 Å². The van der Waals surface area contributed by atoms with Crippen LogP contribution in [0.3, 0.4) is 0 Å². The second-order valence-corrected chi connectivity index (χ2v) is 2.96. The predicted octanol–water partition coefficient (Wildman–Crippen LogP) is 1.43. The summed E-state index contributed by atoms with van der Waals surface area (Å²) in [6.45, 7) is 4.19. The summed E-state index contributed by atoms with van der Waals surface area (Å²) in [5.41, 5.74) is 1.03. The van der Waals surface area contributed by atoms with Crippen LogP contribution in [0.1, 0.15) is 19.0 Å². The van der Waals surface area contributed by atoms with Gasteiger partial charge in [0.2, 0.25) is 0 Å². The Hall–Kier alpha value is -1.09. The molecule has 3 nitrogen and oxygen atoms in total.